The molecule has 3 rings (SSSR count). The van der Waals surface area contributed by atoms with Gasteiger partial charge in [0, 0.05) is 12.1 Å². The van der Waals surface area contributed by atoms with Crippen molar-refractivity contribution in [2.75, 3.05) is 13.1 Å². The molecular formula is C16H18N2O2S. The third kappa shape index (κ3) is 3.00. The fraction of sp³-hybridized carbons (Fsp3) is 0.250. The maximum atomic E-state index is 11.7. The standard InChI is InChI=1S/C16H18N2O2S/c17-21(19,20)16-7-2-1-6-15(16)13-5-3-4-12(10-13)14-8-9-18-11-14/h1-7,10,14,18H,8-9,11H2,(H2,17,19,20)/t14-/m1/s1. The number of primary sulfonamides is 1. The van der Waals surface area contributed by atoms with E-state index in [4.69, 9.17) is 5.14 Å². The van der Waals surface area contributed by atoms with Gasteiger partial charge in [-0.3, -0.25) is 0 Å². The summed E-state index contributed by atoms with van der Waals surface area (Å²) >= 11 is 0. The molecule has 1 fully saturated rings. The van der Waals surface area contributed by atoms with Crippen molar-refractivity contribution in [3.8, 4) is 11.1 Å². The molecule has 0 radical (unpaired) electrons. The summed E-state index contributed by atoms with van der Waals surface area (Å²) in [7, 11) is -3.73. The van der Waals surface area contributed by atoms with Gasteiger partial charge in [-0.15, -0.1) is 0 Å². The molecule has 0 aromatic heterocycles. The van der Waals surface area contributed by atoms with E-state index in [9.17, 15) is 8.42 Å². The summed E-state index contributed by atoms with van der Waals surface area (Å²) < 4.78 is 23.5. The van der Waals surface area contributed by atoms with Crippen LogP contribution in [0.5, 0.6) is 0 Å². The van der Waals surface area contributed by atoms with Crippen LogP contribution < -0.4 is 10.5 Å². The Morgan fingerprint density at radius 1 is 1.10 bits per heavy atom. The Morgan fingerprint density at radius 2 is 1.90 bits per heavy atom. The molecule has 2 aromatic rings. The zero-order valence-corrected chi connectivity index (χ0v) is 12.4. The fourth-order valence-corrected chi connectivity index (χ4v) is 3.61. The van der Waals surface area contributed by atoms with E-state index in [1.54, 1.807) is 18.2 Å². The second kappa shape index (κ2) is 5.60. The van der Waals surface area contributed by atoms with E-state index in [0.29, 0.717) is 11.5 Å². The predicted molar refractivity (Wildman–Crippen MR) is 83.5 cm³/mol. The average molecular weight is 302 g/mol. The van der Waals surface area contributed by atoms with E-state index in [0.717, 1.165) is 25.1 Å². The van der Waals surface area contributed by atoms with Gasteiger partial charge >= 0.3 is 0 Å². The van der Waals surface area contributed by atoms with Crippen LogP contribution in [0, 0.1) is 0 Å². The van der Waals surface area contributed by atoms with E-state index < -0.39 is 10.0 Å². The Bertz CT molecular complexity index is 750. The smallest absolute Gasteiger partial charge is 0.238 e. The molecule has 0 saturated carbocycles. The van der Waals surface area contributed by atoms with Crippen LogP contribution in [-0.2, 0) is 10.0 Å². The zero-order chi connectivity index (χ0) is 14.9. The lowest BCUT2D eigenvalue weighted by atomic mass is 9.94. The molecule has 1 atom stereocenters. The predicted octanol–water partition coefficient (Wildman–Crippen LogP) is 2.08. The summed E-state index contributed by atoms with van der Waals surface area (Å²) in [6.07, 6.45) is 1.11. The van der Waals surface area contributed by atoms with Crippen LogP contribution in [0.4, 0.5) is 0 Å². The molecule has 4 nitrogen and oxygen atoms in total. The Kier molecular flexibility index (Phi) is 3.80. The van der Waals surface area contributed by atoms with Crippen LogP contribution in [0.1, 0.15) is 17.9 Å². The van der Waals surface area contributed by atoms with Crippen molar-refractivity contribution < 1.29 is 8.42 Å². The average Bonchev–Trinajstić information content (AvgIpc) is 3.01. The quantitative estimate of drug-likeness (QED) is 0.912. The molecule has 0 unspecified atom stereocenters. The molecule has 3 N–H and O–H groups in total. The third-order valence-electron chi connectivity index (χ3n) is 3.92. The van der Waals surface area contributed by atoms with Crippen molar-refractivity contribution in [3.63, 3.8) is 0 Å². The van der Waals surface area contributed by atoms with Crippen molar-refractivity contribution in [2.45, 2.75) is 17.2 Å². The van der Waals surface area contributed by atoms with Crippen molar-refractivity contribution in [3.05, 3.63) is 54.1 Å². The SMILES string of the molecule is NS(=O)(=O)c1ccccc1-c1cccc([C@@H]2CCNC2)c1. The molecule has 1 saturated heterocycles. The minimum atomic E-state index is -3.73. The molecule has 0 bridgehead atoms. The van der Waals surface area contributed by atoms with Crippen LogP contribution in [0.2, 0.25) is 0 Å². The molecule has 1 aliphatic rings. The minimum Gasteiger partial charge on any atom is -0.316 e. The first-order chi connectivity index (χ1) is 10.1. The number of nitrogens with two attached hydrogens (primary N) is 1. The van der Waals surface area contributed by atoms with Crippen LogP contribution >= 0.6 is 0 Å². The summed E-state index contributed by atoms with van der Waals surface area (Å²) in [6.45, 7) is 2.00. The molecule has 1 heterocycles. The number of hydrogen-bond donors (Lipinski definition) is 2. The molecule has 110 valence electrons. The van der Waals surface area contributed by atoms with Gasteiger partial charge in [-0.25, -0.2) is 13.6 Å². The number of hydrogen-bond acceptors (Lipinski definition) is 3. The lowest BCUT2D eigenvalue weighted by molar-refractivity contribution is 0.598. The maximum Gasteiger partial charge on any atom is 0.238 e. The summed E-state index contributed by atoms with van der Waals surface area (Å²) in [5.41, 5.74) is 2.79. The van der Waals surface area contributed by atoms with Gasteiger partial charge in [0.05, 0.1) is 4.90 Å². The van der Waals surface area contributed by atoms with Gasteiger partial charge in [0.1, 0.15) is 0 Å². The molecular weight excluding hydrogens is 284 g/mol. The Labute approximate surface area is 125 Å². The van der Waals surface area contributed by atoms with Crippen molar-refractivity contribution in [2.24, 2.45) is 5.14 Å². The summed E-state index contributed by atoms with van der Waals surface area (Å²) in [6, 6.07) is 14.9. The Hall–Kier alpha value is -1.69. The van der Waals surface area contributed by atoms with E-state index in [-0.39, 0.29) is 4.90 Å². The lowest BCUT2D eigenvalue weighted by Crippen LogP contribution is -2.13. The van der Waals surface area contributed by atoms with E-state index >= 15 is 0 Å². The van der Waals surface area contributed by atoms with Gasteiger partial charge in [-0.05, 0) is 36.1 Å². The summed E-state index contributed by atoms with van der Waals surface area (Å²) in [5, 5.41) is 8.67. The number of nitrogens with one attached hydrogen (secondary N) is 1. The topological polar surface area (TPSA) is 72.2 Å². The van der Waals surface area contributed by atoms with Gasteiger partial charge in [-0.1, -0.05) is 42.5 Å². The van der Waals surface area contributed by atoms with Gasteiger partial charge in [0.15, 0.2) is 0 Å². The molecule has 0 amide bonds. The Morgan fingerprint density at radius 3 is 2.62 bits per heavy atom. The first-order valence-electron chi connectivity index (χ1n) is 6.98. The van der Waals surface area contributed by atoms with Crippen LogP contribution in [0.25, 0.3) is 11.1 Å². The minimum absolute atomic E-state index is 0.173. The highest BCUT2D eigenvalue weighted by Gasteiger charge is 2.18. The van der Waals surface area contributed by atoms with E-state index in [2.05, 4.69) is 17.4 Å². The first kappa shape index (κ1) is 14.3. The van der Waals surface area contributed by atoms with Crippen LogP contribution in [0.3, 0.4) is 0 Å². The molecule has 5 heteroatoms. The molecule has 1 aliphatic heterocycles. The number of benzene rings is 2. The second-order valence-corrected chi connectivity index (χ2v) is 6.89. The second-order valence-electron chi connectivity index (χ2n) is 5.36. The molecule has 21 heavy (non-hydrogen) atoms. The van der Waals surface area contributed by atoms with Crippen molar-refractivity contribution in [1.29, 1.82) is 0 Å². The third-order valence-corrected chi connectivity index (χ3v) is 4.89. The Balaban J connectivity index is 2.07. The van der Waals surface area contributed by atoms with Crippen molar-refractivity contribution >= 4 is 10.0 Å². The van der Waals surface area contributed by atoms with E-state index in [1.807, 2.05) is 18.2 Å². The van der Waals surface area contributed by atoms with Gasteiger partial charge in [0.2, 0.25) is 10.0 Å². The molecule has 2 aromatic carbocycles. The first-order valence-corrected chi connectivity index (χ1v) is 8.53. The van der Waals surface area contributed by atoms with Gasteiger partial charge in [0.25, 0.3) is 0 Å². The highest BCUT2D eigenvalue weighted by Crippen LogP contribution is 2.30. The monoisotopic (exact) mass is 302 g/mol. The van der Waals surface area contributed by atoms with Gasteiger partial charge < -0.3 is 5.32 Å². The zero-order valence-electron chi connectivity index (χ0n) is 11.6. The summed E-state index contributed by atoms with van der Waals surface area (Å²) in [5.74, 6) is 0.492. The number of sulfonamides is 1. The van der Waals surface area contributed by atoms with Crippen molar-refractivity contribution in [1.82, 2.24) is 5.32 Å². The lowest BCUT2D eigenvalue weighted by Gasteiger charge is -2.12. The normalized spacial score (nSPS) is 18.8. The van der Waals surface area contributed by atoms with Crippen LogP contribution in [0.15, 0.2) is 53.4 Å². The van der Waals surface area contributed by atoms with Gasteiger partial charge in [-0.2, -0.15) is 0 Å². The summed E-state index contributed by atoms with van der Waals surface area (Å²) in [4.78, 5) is 0.173. The van der Waals surface area contributed by atoms with E-state index in [1.165, 1.54) is 5.56 Å². The largest absolute Gasteiger partial charge is 0.316 e. The molecule has 0 aliphatic carbocycles. The fourth-order valence-electron chi connectivity index (χ4n) is 2.85. The molecule has 0 spiro atoms. The van der Waals surface area contributed by atoms with Crippen LogP contribution in [-0.4, -0.2) is 21.5 Å². The highest BCUT2D eigenvalue weighted by atomic mass is 32.2. The maximum absolute atomic E-state index is 11.7. The highest BCUT2D eigenvalue weighted by molar-refractivity contribution is 7.89. The number of rotatable bonds is 3.